The molecule has 0 aliphatic carbocycles. The number of benzene rings is 1. The molecule has 0 unspecified atom stereocenters. The molecular formula is C12H13BrN4S. The first-order valence-electron chi connectivity index (χ1n) is 5.38. The number of halogens is 1. The van der Waals surface area contributed by atoms with Gasteiger partial charge < -0.3 is 11.1 Å². The van der Waals surface area contributed by atoms with Gasteiger partial charge >= 0.3 is 0 Å². The predicted octanol–water partition coefficient (Wildman–Crippen LogP) is 2.43. The van der Waals surface area contributed by atoms with Crippen LogP contribution in [-0.4, -0.2) is 14.8 Å². The van der Waals surface area contributed by atoms with Crippen LogP contribution in [-0.2, 0) is 13.6 Å². The molecule has 0 atom stereocenters. The smallest absolute Gasteiger partial charge is 0.104 e. The minimum Gasteiger partial charge on any atom is -0.389 e. The van der Waals surface area contributed by atoms with Gasteiger partial charge in [-0.15, -0.1) is 0 Å². The topological polar surface area (TPSA) is 55.9 Å². The summed E-state index contributed by atoms with van der Waals surface area (Å²) in [7, 11) is 1.90. The van der Waals surface area contributed by atoms with Gasteiger partial charge in [-0.05, 0) is 40.2 Å². The number of hydrogen-bond donors (Lipinski definition) is 2. The molecule has 0 spiro atoms. The molecule has 94 valence electrons. The van der Waals surface area contributed by atoms with Crippen molar-refractivity contribution >= 4 is 38.8 Å². The zero-order chi connectivity index (χ0) is 13.1. The lowest BCUT2D eigenvalue weighted by molar-refractivity contribution is 0.747. The lowest BCUT2D eigenvalue weighted by Crippen LogP contribution is -2.09. The maximum absolute atomic E-state index is 5.58. The number of thiocarbonyl (C=S) groups is 1. The van der Waals surface area contributed by atoms with Gasteiger partial charge in [0.15, 0.2) is 0 Å². The van der Waals surface area contributed by atoms with Gasteiger partial charge in [-0.25, -0.2) is 0 Å². The zero-order valence-electron chi connectivity index (χ0n) is 9.85. The Morgan fingerprint density at radius 2 is 2.28 bits per heavy atom. The molecule has 0 aliphatic heterocycles. The van der Waals surface area contributed by atoms with Crippen molar-refractivity contribution in [1.29, 1.82) is 0 Å². The molecule has 0 bridgehead atoms. The van der Waals surface area contributed by atoms with Crippen LogP contribution in [0.3, 0.4) is 0 Å². The van der Waals surface area contributed by atoms with Crippen LogP contribution in [0.4, 0.5) is 5.69 Å². The van der Waals surface area contributed by atoms with E-state index in [9.17, 15) is 0 Å². The summed E-state index contributed by atoms with van der Waals surface area (Å²) in [6.07, 6.45) is 1.92. The van der Waals surface area contributed by atoms with E-state index in [2.05, 4.69) is 26.3 Å². The quantitative estimate of drug-likeness (QED) is 0.848. The number of rotatable bonds is 4. The van der Waals surface area contributed by atoms with Crippen LogP contribution in [0.5, 0.6) is 0 Å². The van der Waals surface area contributed by atoms with Crippen LogP contribution in [0.25, 0.3) is 0 Å². The average Bonchev–Trinajstić information content (AvgIpc) is 2.73. The molecule has 0 radical (unpaired) electrons. The van der Waals surface area contributed by atoms with Crippen molar-refractivity contribution in [2.45, 2.75) is 6.54 Å². The number of nitrogens with zero attached hydrogens (tertiary/aromatic N) is 2. The molecule has 0 amide bonds. The number of aryl methyl sites for hydroxylation is 1. The number of anilines is 1. The predicted molar refractivity (Wildman–Crippen MR) is 80.6 cm³/mol. The number of aromatic nitrogens is 2. The van der Waals surface area contributed by atoms with E-state index in [1.54, 1.807) is 4.68 Å². The van der Waals surface area contributed by atoms with Gasteiger partial charge in [-0.2, -0.15) is 5.10 Å². The SMILES string of the molecule is Cn1ccc(CNc2ccc(C(N)=S)cc2Br)n1. The van der Waals surface area contributed by atoms with Crippen molar-refractivity contribution < 1.29 is 0 Å². The summed E-state index contributed by atoms with van der Waals surface area (Å²) in [5, 5.41) is 7.60. The normalized spacial score (nSPS) is 10.3. The van der Waals surface area contributed by atoms with Crippen molar-refractivity contribution in [1.82, 2.24) is 9.78 Å². The molecule has 0 saturated carbocycles. The van der Waals surface area contributed by atoms with Crippen molar-refractivity contribution in [2.75, 3.05) is 5.32 Å². The van der Waals surface area contributed by atoms with E-state index >= 15 is 0 Å². The van der Waals surface area contributed by atoms with Gasteiger partial charge in [0.2, 0.25) is 0 Å². The van der Waals surface area contributed by atoms with E-state index in [0.717, 1.165) is 21.4 Å². The van der Waals surface area contributed by atoms with Gasteiger partial charge in [0, 0.05) is 29.0 Å². The molecule has 0 fully saturated rings. The first kappa shape index (κ1) is 13.0. The highest BCUT2D eigenvalue weighted by molar-refractivity contribution is 9.10. The number of nitrogens with two attached hydrogens (primary N) is 1. The average molecular weight is 325 g/mol. The van der Waals surface area contributed by atoms with Crippen LogP contribution in [0.15, 0.2) is 34.9 Å². The van der Waals surface area contributed by atoms with Gasteiger partial charge in [0.1, 0.15) is 4.99 Å². The Morgan fingerprint density at radius 1 is 1.50 bits per heavy atom. The van der Waals surface area contributed by atoms with Crippen LogP contribution >= 0.6 is 28.1 Å². The summed E-state index contributed by atoms with van der Waals surface area (Å²) < 4.78 is 2.71. The Kier molecular flexibility index (Phi) is 3.98. The van der Waals surface area contributed by atoms with Crippen LogP contribution in [0.2, 0.25) is 0 Å². The van der Waals surface area contributed by atoms with Gasteiger partial charge in [0.25, 0.3) is 0 Å². The van der Waals surface area contributed by atoms with Gasteiger partial charge in [-0.3, -0.25) is 4.68 Å². The molecule has 0 aliphatic rings. The third kappa shape index (κ3) is 3.08. The maximum atomic E-state index is 5.58. The van der Waals surface area contributed by atoms with Crippen molar-refractivity contribution in [2.24, 2.45) is 12.8 Å². The summed E-state index contributed by atoms with van der Waals surface area (Å²) in [6, 6.07) is 7.72. The summed E-state index contributed by atoms with van der Waals surface area (Å²) in [4.78, 5) is 0.395. The fourth-order valence-corrected chi connectivity index (χ4v) is 2.20. The molecule has 1 heterocycles. The van der Waals surface area contributed by atoms with E-state index in [-0.39, 0.29) is 0 Å². The second-order valence-electron chi connectivity index (χ2n) is 3.89. The Hall–Kier alpha value is -1.40. The molecule has 3 N–H and O–H groups in total. The largest absolute Gasteiger partial charge is 0.389 e. The van der Waals surface area contributed by atoms with Crippen molar-refractivity contribution in [3.8, 4) is 0 Å². The Balaban J connectivity index is 2.08. The van der Waals surface area contributed by atoms with E-state index in [1.807, 2.05) is 37.5 Å². The highest BCUT2D eigenvalue weighted by atomic mass is 79.9. The van der Waals surface area contributed by atoms with Crippen molar-refractivity contribution in [3.05, 3.63) is 46.2 Å². The third-order valence-electron chi connectivity index (χ3n) is 2.48. The monoisotopic (exact) mass is 324 g/mol. The summed E-state index contributed by atoms with van der Waals surface area (Å²) in [5.41, 5.74) is 8.40. The minimum atomic E-state index is 0.395. The maximum Gasteiger partial charge on any atom is 0.104 e. The van der Waals surface area contributed by atoms with Gasteiger partial charge in [-0.1, -0.05) is 12.2 Å². The molecule has 6 heteroatoms. The molecule has 2 aromatic rings. The highest BCUT2D eigenvalue weighted by Crippen LogP contribution is 2.24. The van der Waals surface area contributed by atoms with E-state index in [4.69, 9.17) is 18.0 Å². The summed E-state index contributed by atoms with van der Waals surface area (Å²) in [6.45, 7) is 0.672. The summed E-state index contributed by atoms with van der Waals surface area (Å²) >= 11 is 8.42. The molecule has 4 nitrogen and oxygen atoms in total. The van der Waals surface area contributed by atoms with Gasteiger partial charge in [0.05, 0.1) is 12.2 Å². The Bertz CT molecular complexity index is 579. The standard InChI is InChI=1S/C12H13BrN4S/c1-17-5-4-9(16-17)7-15-11-3-2-8(12(14)18)6-10(11)13/h2-6,15H,7H2,1H3,(H2,14,18). The van der Waals surface area contributed by atoms with Crippen molar-refractivity contribution in [3.63, 3.8) is 0 Å². The first-order chi connectivity index (χ1) is 8.56. The molecular weight excluding hydrogens is 312 g/mol. The molecule has 0 saturated heterocycles. The second-order valence-corrected chi connectivity index (χ2v) is 5.19. The first-order valence-corrected chi connectivity index (χ1v) is 6.58. The fraction of sp³-hybridized carbons (Fsp3) is 0.167. The number of nitrogens with one attached hydrogen (secondary N) is 1. The van der Waals surface area contributed by atoms with E-state index in [1.165, 1.54) is 0 Å². The number of hydrogen-bond acceptors (Lipinski definition) is 3. The Labute approximate surface area is 119 Å². The lowest BCUT2D eigenvalue weighted by atomic mass is 10.2. The third-order valence-corrected chi connectivity index (χ3v) is 3.37. The lowest BCUT2D eigenvalue weighted by Gasteiger charge is -2.08. The molecule has 2 rings (SSSR count). The molecule has 1 aromatic heterocycles. The second kappa shape index (κ2) is 5.49. The Morgan fingerprint density at radius 3 is 2.83 bits per heavy atom. The van der Waals surface area contributed by atoms with Crippen LogP contribution in [0.1, 0.15) is 11.3 Å². The zero-order valence-corrected chi connectivity index (χ0v) is 12.3. The highest BCUT2D eigenvalue weighted by Gasteiger charge is 2.04. The fourth-order valence-electron chi connectivity index (χ4n) is 1.55. The van der Waals surface area contributed by atoms with Crippen LogP contribution in [0, 0.1) is 0 Å². The van der Waals surface area contributed by atoms with Crippen LogP contribution < -0.4 is 11.1 Å². The van der Waals surface area contributed by atoms with E-state index < -0.39 is 0 Å². The van der Waals surface area contributed by atoms with E-state index in [0.29, 0.717) is 11.5 Å². The molecule has 1 aromatic carbocycles. The minimum absolute atomic E-state index is 0.395. The summed E-state index contributed by atoms with van der Waals surface area (Å²) in [5.74, 6) is 0. The molecule has 18 heavy (non-hydrogen) atoms.